The Morgan fingerprint density at radius 3 is 2.77 bits per heavy atom. The van der Waals surface area contributed by atoms with E-state index in [4.69, 9.17) is 5.73 Å². The number of nitrogens with zero attached hydrogens (tertiary/aromatic N) is 1. The minimum absolute atomic E-state index is 0.404. The summed E-state index contributed by atoms with van der Waals surface area (Å²) in [5.41, 5.74) is 6.22. The fraction of sp³-hybridized carbons (Fsp3) is 1.00. The molecule has 76 valence electrons. The Morgan fingerprint density at radius 1 is 1.46 bits per heavy atom. The van der Waals surface area contributed by atoms with Crippen molar-refractivity contribution >= 4 is 0 Å². The van der Waals surface area contributed by atoms with E-state index < -0.39 is 0 Å². The maximum atomic E-state index is 5.82. The second kappa shape index (κ2) is 3.56. The number of nitrogens with one attached hydrogen (secondary N) is 1. The van der Waals surface area contributed by atoms with E-state index >= 15 is 0 Å². The van der Waals surface area contributed by atoms with E-state index in [9.17, 15) is 0 Å². The second-order valence-corrected chi connectivity index (χ2v) is 4.61. The summed E-state index contributed by atoms with van der Waals surface area (Å²) in [7, 11) is 2.21. The number of piperidine rings is 1. The molecule has 2 saturated heterocycles. The minimum Gasteiger partial charge on any atom is -0.330 e. The standard InChI is InChI=1S/C10H21N3/c1-13-6-3-10(4-7-13)9(8-11)2-5-12-10/h9,12H,2-8,11H2,1H3. The van der Waals surface area contributed by atoms with Crippen LogP contribution >= 0.6 is 0 Å². The molecule has 0 aromatic rings. The topological polar surface area (TPSA) is 41.3 Å². The zero-order valence-electron chi connectivity index (χ0n) is 8.55. The van der Waals surface area contributed by atoms with Crippen LogP contribution in [0, 0.1) is 5.92 Å². The lowest BCUT2D eigenvalue weighted by atomic mass is 9.78. The zero-order valence-corrected chi connectivity index (χ0v) is 8.55. The van der Waals surface area contributed by atoms with Crippen LogP contribution in [0.25, 0.3) is 0 Å². The molecule has 0 aromatic carbocycles. The average molecular weight is 183 g/mol. The van der Waals surface area contributed by atoms with Gasteiger partial charge in [-0.1, -0.05) is 0 Å². The lowest BCUT2D eigenvalue weighted by Gasteiger charge is -2.42. The molecule has 3 nitrogen and oxygen atoms in total. The first-order valence-electron chi connectivity index (χ1n) is 5.40. The highest BCUT2D eigenvalue weighted by Crippen LogP contribution is 2.34. The molecule has 2 heterocycles. The van der Waals surface area contributed by atoms with Crippen molar-refractivity contribution in [3.8, 4) is 0 Å². The molecule has 13 heavy (non-hydrogen) atoms. The molecule has 2 aliphatic rings. The predicted octanol–water partition coefficient (Wildman–Crippen LogP) is 0.0190. The van der Waals surface area contributed by atoms with Gasteiger partial charge < -0.3 is 16.0 Å². The van der Waals surface area contributed by atoms with Gasteiger partial charge in [-0.25, -0.2) is 0 Å². The monoisotopic (exact) mass is 183 g/mol. The number of hydrogen-bond donors (Lipinski definition) is 2. The summed E-state index contributed by atoms with van der Waals surface area (Å²) in [5.74, 6) is 0.723. The van der Waals surface area contributed by atoms with Crippen molar-refractivity contribution in [1.29, 1.82) is 0 Å². The van der Waals surface area contributed by atoms with Crippen molar-refractivity contribution in [2.45, 2.75) is 24.8 Å². The highest BCUT2D eigenvalue weighted by Gasteiger charge is 2.42. The largest absolute Gasteiger partial charge is 0.330 e. The van der Waals surface area contributed by atoms with Crippen LogP contribution in [0.3, 0.4) is 0 Å². The Kier molecular flexibility index (Phi) is 2.58. The summed E-state index contributed by atoms with van der Waals surface area (Å²) in [6.45, 7) is 4.48. The van der Waals surface area contributed by atoms with Gasteiger partial charge in [-0.05, 0) is 58.4 Å². The molecule has 0 bridgehead atoms. The summed E-state index contributed by atoms with van der Waals surface area (Å²) in [6, 6.07) is 0. The Bertz CT molecular complexity index is 173. The van der Waals surface area contributed by atoms with Crippen molar-refractivity contribution in [2.75, 3.05) is 33.2 Å². The number of nitrogens with two attached hydrogens (primary N) is 1. The number of rotatable bonds is 1. The highest BCUT2D eigenvalue weighted by atomic mass is 15.1. The van der Waals surface area contributed by atoms with Crippen molar-refractivity contribution in [3.05, 3.63) is 0 Å². The van der Waals surface area contributed by atoms with Gasteiger partial charge in [0.1, 0.15) is 0 Å². The number of likely N-dealkylation sites (tertiary alicyclic amines) is 1. The van der Waals surface area contributed by atoms with Gasteiger partial charge >= 0.3 is 0 Å². The van der Waals surface area contributed by atoms with E-state index in [1.165, 1.54) is 38.9 Å². The van der Waals surface area contributed by atoms with Gasteiger partial charge in [-0.15, -0.1) is 0 Å². The van der Waals surface area contributed by atoms with E-state index in [-0.39, 0.29) is 0 Å². The van der Waals surface area contributed by atoms with Crippen LogP contribution in [0.2, 0.25) is 0 Å². The molecule has 0 aliphatic carbocycles. The van der Waals surface area contributed by atoms with Gasteiger partial charge in [-0.3, -0.25) is 0 Å². The highest BCUT2D eigenvalue weighted by molar-refractivity contribution is 5.02. The fourth-order valence-corrected chi connectivity index (χ4v) is 2.86. The second-order valence-electron chi connectivity index (χ2n) is 4.61. The third-order valence-electron chi connectivity index (χ3n) is 3.92. The molecule has 3 heteroatoms. The average Bonchev–Trinajstić information content (AvgIpc) is 2.54. The summed E-state index contributed by atoms with van der Waals surface area (Å²) in [6.07, 6.45) is 3.84. The van der Waals surface area contributed by atoms with Crippen LogP contribution in [0.15, 0.2) is 0 Å². The van der Waals surface area contributed by atoms with E-state index in [0.717, 1.165) is 12.5 Å². The van der Waals surface area contributed by atoms with Gasteiger partial charge in [0.05, 0.1) is 0 Å². The smallest absolute Gasteiger partial charge is 0.0246 e. The maximum absolute atomic E-state index is 5.82. The molecule has 0 amide bonds. The lowest BCUT2D eigenvalue weighted by Crippen LogP contribution is -2.54. The van der Waals surface area contributed by atoms with Crippen molar-refractivity contribution in [3.63, 3.8) is 0 Å². The van der Waals surface area contributed by atoms with Crippen molar-refractivity contribution < 1.29 is 0 Å². The van der Waals surface area contributed by atoms with Gasteiger partial charge in [-0.2, -0.15) is 0 Å². The minimum atomic E-state index is 0.404. The first kappa shape index (κ1) is 9.44. The third-order valence-corrected chi connectivity index (χ3v) is 3.92. The Hall–Kier alpha value is -0.120. The van der Waals surface area contributed by atoms with Crippen LogP contribution in [-0.4, -0.2) is 43.7 Å². The number of hydrogen-bond acceptors (Lipinski definition) is 3. The van der Waals surface area contributed by atoms with Crippen LogP contribution in [0.1, 0.15) is 19.3 Å². The Balaban J connectivity index is 2.02. The van der Waals surface area contributed by atoms with Crippen LogP contribution in [0.4, 0.5) is 0 Å². The molecule has 1 atom stereocenters. The lowest BCUT2D eigenvalue weighted by molar-refractivity contribution is 0.138. The molecule has 2 rings (SSSR count). The van der Waals surface area contributed by atoms with Crippen LogP contribution in [0.5, 0.6) is 0 Å². The third kappa shape index (κ3) is 1.60. The zero-order chi connectivity index (χ0) is 9.31. The summed E-state index contributed by atoms with van der Waals surface area (Å²) >= 11 is 0. The van der Waals surface area contributed by atoms with Crippen LogP contribution in [-0.2, 0) is 0 Å². The van der Waals surface area contributed by atoms with Crippen molar-refractivity contribution in [2.24, 2.45) is 11.7 Å². The first-order chi connectivity index (χ1) is 6.27. The predicted molar refractivity (Wildman–Crippen MR) is 54.6 cm³/mol. The molecular formula is C10H21N3. The summed E-state index contributed by atoms with van der Waals surface area (Å²) in [5, 5.41) is 3.69. The van der Waals surface area contributed by atoms with E-state index in [1.54, 1.807) is 0 Å². The molecule has 0 radical (unpaired) electrons. The van der Waals surface area contributed by atoms with Gasteiger partial charge in [0.15, 0.2) is 0 Å². The van der Waals surface area contributed by atoms with Gasteiger partial charge in [0.25, 0.3) is 0 Å². The molecule has 0 saturated carbocycles. The fourth-order valence-electron chi connectivity index (χ4n) is 2.86. The van der Waals surface area contributed by atoms with Gasteiger partial charge in [0.2, 0.25) is 0 Å². The quantitative estimate of drug-likeness (QED) is 0.602. The van der Waals surface area contributed by atoms with E-state index in [2.05, 4.69) is 17.3 Å². The van der Waals surface area contributed by atoms with Crippen LogP contribution < -0.4 is 11.1 Å². The van der Waals surface area contributed by atoms with E-state index in [0.29, 0.717) is 5.54 Å². The molecule has 1 unspecified atom stereocenters. The first-order valence-corrected chi connectivity index (χ1v) is 5.40. The Morgan fingerprint density at radius 2 is 2.15 bits per heavy atom. The Labute approximate surface area is 80.7 Å². The van der Waals surface area contributed by atoms with Crippen molar-refractivity contribution in [1.82, 2.24) is 10.2 Å². The molecular weight excluding hydrogens is 162 g/mol. The molecule has 0 aromatic heterocycles. The van der Waals surface area contributed by atoms with E-state index in [1.807, 2.05) is 0 Å². The van der Waals surface area contributed by atoms with Gasteiger partial charge in [0, 0.05) is 5.54 Å². The summed E-state index contributed by atoms with van der Waals surface area (Å²) < 4.78 is 0. The molecule has 1 spiro atoms. The summed E-state index contributed by atoms with van der Waals surface area (Å²) in [4.78, 5) is 2.42. The normalized spacial score (nSPS) is 34.2. The molecule has 2 aliphatic heterocycles. The molecule has 3 N–H and O–H groups in total. The SMILES string of the molecule is CN1CCC2(CC1)NCCC2CN. The molecule has 2 fully saturated rings. The maximum Gasteiger partial charge on any atom is 0.0246 e.